The molecule has 0 saturated carbocycles. The van der Waals surface area contributed by atoms with Gasteiger partial charge in [0.05, 0.1) is 15.5 Å². The number of hydrogen-bond donors (Lipinski definition) is 2. The lowest BCUT2D eigenvalue weighted by Crippen LogP contribution is -2.15. The van der Waals surface area contributed by atoms with Crippen molar-refractivity contribution in [2.24, 2.45) is 0 Å². The minimum absolute atomic E-state index is 0.255. The maximum absolute atomic E-state index is 13.7. The topological polar surface area (TPSA) is 92.5 Å². The summed E-state index contributed by atoms with van der Waals surface area (Å²) in [4.78, 5) is 22.1. The van der Waals surface area contributed by atoms with E-state index in [4.69, 9.17) is 11.6 Å². The van der Waals surface area contributed by atoms with Crippen LogP contribution < -0.4 is 5.32 Å². The first kappa shape index (κ1) is 14.7. The van der Waals surface area contributed by atoms with E-state index in [9.17, 15) is 24.4 Å². The molecule has 0 aromatic heterocycles. The number of phenolic OH excluding ortho intramolecular Hbond substituents is 1. The number of nitro benzene ring substituents is 1. The van der Waals surface area contributed by atoms with Crippen molar-refractivity contribution in [1.29, 1.82) is 0 Å². The van der Waals surface area contributed by atoms with Gasteiger partial charge in [0.1, 0.15) is 5.75 Å². The number of nitro groups is 1. The van der Waals surface area contributed by atoms with Gasteiger partial charge in [-0.1, -0.05) is 23.7 Å². The van der Waals surface area contributed by atoms with Crippen molar-refractivity contribution >= 4 is 28.9 Å². The number of hydrogen-bond acceptors (Lipinski definition) is 4. The third-order valence-electron chi connectivity index (χ3n) is 2.65. The molecule has 0 heterocycles. The molecule has 0 saturated heterocycles. The summed E-state index contributed by atoms with van der Waals surface area (Å²) in [6, 6.07) is 7.31. The SMILES string of the molecule is O=C(Nc1c(O)cccc1[N+](=O)[O-])c1cccc(Cl)c1F. The van der Waals surface area contributed by atoms with Crippen molar-refractivity contribution in [1.82, 2.24) is 0 Å². The first-order valence-corrected chi connectivity index (χ1v) is 6.01. The van der Waals surface area contributed by atoms with Crippen molar-refractivity contribution < 1.29 is 19.2 Å². The number of amides is 1. The lowest BCUT2D eigenvalue weighted by atomic mass is 10.2. The molecule has 2 N–H and O–H groups in total. The second-order valence-electron chi connectivity index (χ2n) is 3.98. The van der Waals surface area contributed by atoms with Gasteiger partial charge in [-0.05, 0) is 18.2 Å². The van der Waals surface area contributed by atoms with Crippen LogP contribution in [0, 0.1) is 15.9 Å². The number of anilines is 1. The smallest absolute Gasteiger partial charge is 0.296 e. The average molecular weight is 311 g/mol. The van der Waals surface area contributed by atoms with E-state index in [1.54, 1.807) is 0 Å². The van der Waals surface area contributed by atoms with Gasteiger partial charge in [0.2, 0.25) is 0 Å². The number of rotatable bonds is 3. The van der Waals surface area contributed by atoms with Gasteiger partial charge in [-0.25, -0.2) is 4.39 Å². The number of aromatic hydroxyl groups is 1. The van der Waals surface area contributed by atoms with Crippen molar-refractivity contribution in [3.05, 3.63) is 62.9 Å². The molecule has 0 radical (unpaired) electrons. The van der Waals surface area contributed by atoms with Crippen LogP contribution in [0.1, 0.15) is 10.4 Å². The Bertz CT molecular complexity index is 736. The van der Waals surface area contributed by atoms with E-state index in [0.717, 1.165) is 12.1 Å². The van der Waals surface area contributed by atoms with Gasteiger partial charge < -0.3 is 10.4 Å². The Balaban J connectivity index is 2.41. The summed E-state index contributed by atoms with van der Waals surface area (Å²) in [6.45, 7) is 0. The average Bonchev–Trinajstić information content (AvgIpc) is 2.43. The highest BCUT2D eigenvalue weighted by atomic mass is 35.5. The minimum Gasteiger partial charge on any atom is -0.505 e. The lowest BCUT2D eigenvalue weighted by Gasteiger charge is -2.08. The van der Waals surface area contributed by atoms with Crippen molar-refractivity contribution in [2.75, 3.05) is 5.32 Å². The fraction of sp³-hybridized carbons (Fsp3) is 0. The van der Waals surface area contributed by atoms with Gasteiger partial charge in [0, 0.05) is 6.07 Å². The third kappa shape index (κ3) is 2.92. The summed E-state index contributed by atoms with van der Waals surface area (Å²) in [5, 5.41) is 22.3. The van der Waals surface area contributed by atoms with Crippen LogP contribution in [-0.4, -0.2) is 15.9 Å². The van der Waals surface area contributed by atoms with Crippen LogP contribution >= 0.6 is 11.6 Å². The fourth-order valence-corrected chi connectivity index (χ4v) is 1.84. The summed E-state index contributed by atoms with van der Waals surface area (Å²) in [7, 11) is 0. The second-order valence-corrected chi connectivity index (χ2v) is 4.39. The molecule has 2 aromatic carbocycles. The molecule has 2 aromatic rings. The third-order valence-corrected chi connectivity index (χ3v) is 2.94. The Kier molecular flexibility index (Phi) is 4.04. The molecule has 21 heavy (non-hydrogen) atoms. The zero-order valence-corrected chi connectivity index (χ0v) is 11.1. The Labute approximate surface area is 122 Å². The predicted octanol–water partition coefficient (Wildman–Crippen LogP) is 3.35. The largest absolute Gasteiger partial charge is 0.505 e. The number of para-hydroxylation sites is 1. The molecule has 0 atom stereocenters. The molecule has 0 aliphatic heterocycles. The highest BCUT2D eigenvalue weighted by Gasteiger charge is 2.22. The fourth-order valence-electron chi connectivity index (χ4n) is 1.67. The zero-order chi connectivity index (χ0) is 15.6. The summed E-state index contributed by atoms with van der Waals surface area (Å²) in [5.41, 5.74) is -1.31. The Hall–Kier alpha value is -2.67. The molecule has 0 bridgehead atoms. The van der Waals surface area contributed by atoms with Crippen molar-refractivity contribution in [3.8, 4) is 5.75 Å². The molecule has 0 fully saturated rings. The molecule has 8 heteroatoms. The van der Waals surface area contributed by atoms with E-state index in [-0.39, 0.29) is 10.6 Å². The van der Waals surface area contributed by atoms with E-state index >= 15 is 0 Å². The van der Waals surface area contributed by atoms with Crippen LogP contribution in [0.2, 0.25) is 5.02 Å². The van der Waals surface area contributed by atoms with Gasteiger partial charge in [-0.15, -0.1) is 0 Å². The van der Waals surface area contributed by atoms with Crippen molar-refractivity contribution in [2.45, 2.75) is 0 Å². The molecule has 2 rings (SSSR count). The Morgan fingerprint density at radius 3 is 2.62 bits per heavy atom. The van der Waals surface area contributed by atoms with Crippen LogP contribution in [0.25, 0.3) is 0 Å². The monoisotopic (exact) mass is 310 g/mol. The molecule has 0 aliphatic rings. The number of halogens is 2. The van der Waals surface area contributed by atoms with Crippen LogP contribution in [0.4, 0.5) is 15.8 Å². The van der Waals surface area contributed by atoms with Crippen LogP contribution in [0.5, 0.6) is 5.75 Å². The van der Waals surface area contributed by atoms with E-state index in [1.165, 1.54) is 24.3 Å². The Morgan fingerprint density at radius 1 is 1.29 bits per heavy atom. The minimum atomic E-state index is -0.959. The molecular formula is C13H8ClFN2O4. The van der Waals surface area contributed by atoms with Gasteiger partial charge in [0.25, 0.3) is 11.6 Å². The van der Waals surface area contributed by atoms with Crippen LogP contribution in [-0.2, 0) is 0 Å². The predicted molar refractivity (Wildman–Crippen MR) is 74.1 cm³/mol. The number of phenols is 1. The normalized spacial score (nSPS) is 10.2. The standard InChI is InChI=1S/C13H8ClFN2O4/c14-8-4-1-3-7(11(8)15)13(19)16-12-9(17(20)21)5-2-6-10(12)18/h1-6,18H,(H,16,19). The number of nitrogens with one attached hydrogen (secondary N) is 1. The number of carbonyl (C=O) groups excluding carboxylic acids is 1. The van der Waals surface area contributed by atoms with Gasteiger partial charge in [-0.3, -0.25) is 14.9 Å². The highest BCUT2D eigenvalue weighted by molar-refractivity contribution is 6.31. The molecule has 1 amide bonds. The first-order valence-electron chi connectivity index (χ1n) is 5.63. The van der Waals surface area contributed by atoms with E-state index in [1.807, 2.05) is 0 Å². The maximum Gasteiger partial charge on any atom is 0.296 e. The van der Waals surface area contributed by atoms with Crippen LogP contribution in [0.15, 0.2) is 36.4 Å². The second kappa shape index (κ2) is 5.76. The zero-order valence-electron chi connectivity index (χ0n) is 10.3. The van der Waals surface area contributed by atoms with E-state index < -0.39 is 33.8 Å². The van der Waals surface area contributed by atoms with Crippen LogP contribution in [0.3, 0.4) is 0 Å². The summed E-state index contributed by atoms with van der Waals surface area (Å²) < 4.78 is 13.7. The maximum atomic E-state index is 13.7. The molecule has 0 unspecified atom stereocenters. The molecule has 0 spiro atoms. The molecular weight excluding hydrogens is 303 g/mol. The van der Waals surface area contributed by atoms with Gasteiger partial charge in [-0.2, -0.15) is 0 Å². The lowest BCUT2D eigenvalue weighted by molar-refractivity contribution is -0.384. The first-order chi connectivity index (χ1) is 9.91. The van der Waals surface area contributed by atoms with E-state index in [2.05, 4.69) is 5.32 Å². The highest BCUT2D eigenvalue weighted by Crippen LogP contribution is 2.33. The quantitative estimate of drug-likeness (QED) is 0.516. The summed E-state index contributed by atoms with van der Waals surface area (Å²) >= 11 is 5.56. The van der Waals surface area contributed by atoms with E-state index in [0.29, 0.717) is 0 Å². The number of carbonyl (C=O) groups is 1. The molecule has 6 nitrogen and oxygen atoms in total. The van der Waals surface area contributed by atoms with Crippen molar-refractivity contribution in [3.63, 3.8) is 0 Å². The number of benzene rings is 2. The molecule has 0 aliphatic carbocycles. The van der Waals surface area contributed by atoms with Gasteiger partial charge >= 0.3 is 0 Å². The molecule has 108 valence electrons. The Morgan fingerprint density at radius 2 is 1.95 bits per heavy atom. The summed E-state index contributed by atoms with van der Waals surface area (Å²) in [6.07, 6.45) is 0. The number of nitrogens with zero attached hydrogens (tertiary/aromatic N) is 1. The van der Waals surface area contributed by atoms with Gasteiger partial charge in [0.15, 0.2) is 11.5 Å². The summed E-state index contributed by atoms with van der Waals surface area (Å²) in [5.74, 6) is -2.41.